The molecule has 0 saturated heterocycles. The van der Waals surface area contributed by atoms with Crippen LogP contribution in [-0.4, -0.2) is 10.9 Å². The first-order chi connectivity index (χ1) is 9.22. The molecule has 1 aromatic heterocycles. The maximum Gasteiger partial charge on any atom is 0.271 e. The number of nitrogens with zero attached hydrogens (tertiary/aromatic N) is 2. The summed E-state index contributed by atoms with van der Waals surface area (Å²) in [5, 5.41) is 14.0. The van der Waals surface area contributed by atoms with Crippen molar-refractivity contribution in [1.29, 1.82) is 5.26 Å². The van der Waals surface area contributed by atoms with Crippen molar-refractivity contribution >= 4 is 17.2 Å². The SMILES string of the molecule is N#Cc1cccc(CNC(=O)c2csc(CN)n2)c1. The van der Waals surface area contributed by atoms with Crippen LogP contribution in [0.15, 0.2) is 29.6 Å². The van der Waals surface area contributed by atoms with Gasteiger partial charge in [0.2, 0.25) is 0 Å². The molecular weight excluding hydrogens is 260 g/mol. The van der Waals surface area contributed by atoms with E-state index in [4.69, 9.17) is 11.0 Å². The summed E-state index contributed by atoms with van der Waals surface area (Å²) >= 11 is 1.37. The Hall–Kier alpha value is -2.23. The molecule has 1 heterocycles. The van der Waals surface area contributed by atoms with Crippen LogP contribution in [0, 0.1) is 11.3 Å². The Morgan fingerprint density at radius 3 is 3.05 bits per heavy atom. The fraction of sp³-hybridized carbons (Fsp3) is 0.154. The van der Waals surface area contributed by atoms with E-state index in [9.17, 15) is 4.79 Å². The average molecular weight is 272 g/mol. The van der Waals surface area contributed by atoms with Gasteiger partial charge in [-0.05, 0) is 17.7 Å². The smallest absolute Gasteiger partial charge is 0.271 e. The van der Waals surface area contributed by atoms with Gasteiger partial charge in [0.15, 0.2) is 0 Å². The number of nitrogens with one attached hydrogen (secondary N) is 1. The highest BCUT2D eigenvalue weighted by atomic mass is 32.1. The van der Waals surface area contributed by atoms with E-state index in [0.717, 1.165) is 10.6 Å². The molecule has 19 heavy (non-hydrogen) atoms. The Labute approximate surface area is 114 Å². The van der Waals surface area contributed by atoms with Crippen molar-refractivity contribution in [2.24, 2.45) is 5.73 Å². The quantitative estimate of drug-likeness (QED) is 0.880. The molecule has 0 spiro atoms. The molecule has 6 heteroatoms. The zero-order chi connectivity index (χ0) is 13.7. The monoisotopic (exact) mass is 272 g/mol. The lowest BCUT2D eigenvalue weighted by Gasteiger charge is -2.03. The number of thiazole rings is 1. The molecule has 5 nitrogen and oxygen atoms in total. The van der Waals surface area contributed by atoms with Crippen LogP contribution in [-0.2, 0) is 13.1 Å². The summed E-state index contributed by atoms with van der Waals surface area (Å²) in [6, 6.07) is 9.17. The first-order valence-corrected chi connectivity index (χ1v) is 6.52. The molecule has 1 amide bonds. The highest BCUT2D eigenvalue weighted by Gasteiger charge is 2.09. The van der Waals surface area contributed by atoms with E-state index in [2.05, 4.69) is 16.4 Å². The molecule has 0 radical (unpaired) electrons. The van der Waals surface area contributed by atoms with Gasteiger partial charge in [-0.2, -0.15) is 5.26 Å². The van der Waals surface area contributed by atoms with Crippen LogP contribution < -0.4 is 11.1 Å². The number of rotatable bonds is 4. The second kappa shape index (κ2) is 6.09. The zero-order valence-corrected chi connectivity index (χ0v) is 10.9. The van der Waals surface area contributed by atoms with Crippen LogP contribution >= 0.6 is 11.3 Å². The Bertz CT molecular complexity index is 630. The molecule has 96 valence electrons. The minimum atomic E-state index is -0.238. The molecule has 0 saturated carbocycles. The predicted octanol–water partition coefficient (Wildman–Crippen LogP) is 1.40. The minimum Gasteiger partial charge on any atom is -0.347 e. The summed E-state index contributed by atoms with van der Waals surface area (Å²) in [4.78, 5) is 15.9. The molecule has 1 aromatic carbocycles. The second-order valence-corrected chi connectivity index (χ2v) is 4.77. The van der Waals surface area contributed by atoms with E-state index in [1.165, 1.54) is 11.3 Å². The molecule has 0 aliphatic carbocycles. The number of amides is 1. The van der Waals surface area contributed by atoms with Crippen LogP contribution in [0.1, 0.15) is 26.6 Å². The predicted molar refractivity (Wildman–Crippen MR) is 72.3 cm³/mol. The fourth-order valence-corrected chi connectivity index (χ4v) is 2.19. The van der Waals surface area contributed by atoms with Crippen LogP contribution in [0.2, 0.25) is 0 Å². The van der Waals surface area contributed by atoms with Crippen molar-refractivity contribution in [3.05, 3.63) is 51.5 Å². The number of nitriles is 1. The Morgan fingerprint density at radius 2 is 2.37 bits per heavy atom. The summed E-state index contributed by atoms with van der Waals surface area (Å²) in [5.74, 6) is -0.238. The van der Waals surface area contributed by atoms with Gasteiger partial charge < -0.3 is 11.1 Å². The number of hydrogen-bond acceptors (Lipinski definition) is 5. The van der Waals surface area contributed by atoms with Gasteiger partial charge in [-0.15, -0.1) is 11.3 Å². The van der Waals surface area contributed by atoms with Crippen LogP contribution in [0.4, 0.5) is 0 Å². The fourth-order valence-electron chi connectivity index (χ4n) is 1.53. The summed E-state index contributed by atoms with van der Waals surface area (Å²) < 4.78 is 0. The summed E-state index contributed by atoms with van der Waals surface area (Å²) in [5.41, 5.74) is 7.27. The Morgan fingerprint density at radius 1 is 1.53 bits per heavy atom. The third-order valence-electron chi connectivity index (χ3n) is 2.47. The van der Waals surface area contributed by atoms with Gasteiger partial charge in [-0.1, -0.05) is 12.1 Å². The lowest BCUT2D eigenvalue weighted by atomic mass is 10.1. The van der Waals surface area contributed by atoms with Crippen molar-refractivity contribution in [3.8, 4) is 6.07 Å². The van der Waals surface area contributed by atoms with Crippen molar-refractivity contribution in [1.82, 2.24) is 10.3 Å². The molecule has 3 N–H and O–H groups in total. The molecule has 0 unspecified atom stereocenters. The van der Waals surface area contributed by atoms with E-state index in [1.807, 2.05) is 6.07 Å². The number of carbonyl (C=O) groups is 1. The van der Waals surface area contributed by atoms with Crippen LogP contribution in [0.3, 0.4) is 0 Å². The molecule has 0 fully saturated rings. The highest BCUT2D eigenvalue weighted by molar-refractivity contribution is 7.09. The summed E-state index contributed by atoms with van der Waals surface area (Å²) in [6.07, 6.45) is 0. The van der Waals surface area contributed by atoms with Crippen LogP contribution in [0.5, 0.6) is 0 Å². The van der Waals surface area contributed by atoms with Crippen LogP contribution in [0.25, 0.3) is 0 Å². The number of benzene rings is 1. The minimum absolute atomic E-state index is 0.238. The normalized spacial score (nSPS) is 9.89. The standard InChI is InChI=1S/C13H12N4OS/c14-5-9-2-1-3-10(4-9)7-16-13(18)11-8-19-12(6-15)17-11/h1-4,8H,6-7,15H2,(H,16,18). The number of carbonyl (C=O) groups excluding carboxylic acids is 1. The van der Waals surface area contributed by atoms with E-state index in [1.54, 1.807) is 23.6 Å². The van der Waals surface area contributed by atoms with Crippen molar-refractivity contribution in [2.75, 3.05) is 0 Å². The van der Waals surface area contributed by atoms with Gasteiger partial charge in [0, 0.05) is 18.5 Å². The number of aromatic nitrogens is 1. The van der Waals surface area contributed by atoms with Gasteiger partial charge in [0.05, 0.1) is 11.6 Å². The third-order valence-corrected chi connectivity index (χ3v) is 3.34. The van der Waals surface area contributed by atoms with Gasteiger partial charge >= 0.3 is 0 Å². The highest BCUT2D eigenvalue weighted by Crippen LogP contribution is 2.09. The zero-order valence-electron chi connectivity index (χ0n) is 10.1. The van der Waals surface area contributed by atoms with E-state index in [0.29, 0.717) is 24.3 Å². The Balaban J connectivity index is 1.98. The lowest BCUT2D eigenvalue weighted by Crippen LogP contribution is -2.23. The van der Waals surface area contributed by atoms with E-state index < -0.39 is 0 Å². The molecule has 2 aromatic rings. The van der Waals surface area contributed by atoms with Gasteiger partial charge in [-0.25, -0.2) is 4.98 Å². The van der Waals surface area contributed by atoms with E-state index in [-0.39, 0.29) is 5.91 Å². The third kappa shape index (κ3) is 3.37. The summed E-state index contributed by atoms with van der Waals surface area (Å²) in [6.45, 7) is 0.700. The number of nitrogens with two attached hydrogens (primary N) is 1. The average Bonchev–Trinajstić information content (AvgIpc) is 2.94. The first kappa shape index (κ1) is 13.2. The molecule has 0 aliphatic heterocycles. The number of hydrogen-bond donors (Lipinski definition) is 2. The topological polar surface area (TPSA) is 91.8 Å². The molecule has 0 aliphatic rings. The van der Waals surface area contributed by atoms with Crippen molar-refractivity contribution < 1.29 is 4.79 Å². The van der Waals surface area contributed by atoms with Crippen molar-refractivity contribution in [2.45, 2.75) is 13.1 Å². The van der Waals surface area contributed by atoms with Gasteiger partial charge in [-0.3, -0.25) is 4.79 Å². The maximum absolute atomic E-state index is 11.8. The molecule has 2 rings (SSSR count). The first-order valence-electron chi connectivity index (χ1n) is 5.64. The van der Waals surface area contributed by atoms with E-state index >= 15 is 0 Å². The lowest BCUT2D eigenvalue weighted by molar-refractivity contribution is 0.0946. The molecule has 0 atom stereocenters. The molecular formula is C13H12N4OS. The largest absolute Gasteiger partial charge is 0.347 e. The molecule has 0 bridgehead atoms. The maximum atomic E-state index is 11.8. The van der Waals surface area contributed by atoms with Gasteiger partial charge in [0.1, 0.15) is 10.7 Å². The van der Waals surface area contributed by atoms with Crippen molar-refractivity contribution in [3.63, 3.8) is 0 Å². The Kier molecular flexibility index (Phi) is 4.23. The second-order valence-electron chi connectivity index (χ2n) is 3.83. The summed E-state index contributed by atoms with van der Waals surface area (Å²) in [7, 11) is 0. The van der Waals surface area contributed by atoms with Gasteiger partial charge in [0.25, 0.3) is 5.91 Å².